The molecule has 2 N–H and O–H groups in total. The van der Waals surface area contributed by atoms with Crippen LogP contribution in [0.2, 0.25) is 10.0 Å². The summed E-state index contributed by atoms with van der Waals surface area (Å²) in [5, 5.41) is 21.1. The van der Waals surface area contributed by atoms with Crippen LogP contribution in [0.4, 0.5) is 0 Å². The maximum absolute atomic E-state index is 11.7. The normalized spacial score (nSPS) is 19.6. The van der Waals surface area contributed by atoms with E-state index in [4.69, 9.17) is 23.2 Å². The SMILES string of the molecule is Cc1c(Cl)ccc2c1C(O)(C(=O)O)c1cc(Cl)ccc1-2. The van der Waals surface area contributed by atoms with Crippen LogP contribution in [0.5, 0.6) is 0 Å². The molecule has 1 unspecified atom stereocenters. The third-order valence-electron chi connectivity index (χ3n) is 3.73. The highest BCUT2D eigenvalue weighted by Gasteiger charge is 2.49. The highest BCUT2D eigenvalue weighted by Crippen LogP contribution is 2.50. The Hall–Kier alpha value is -1.55. The fourth-order valence-electron chi connectivity index (χ4n) is 2.78. The van der Waals surface area contributed by atoms with E-state index < -0.39 is 11.6 Å². The van der Waals surface area contributed by atoms with Crippen LogP contribution in [0.3, 0.4) is 0 Å². The zero-order chi connectivity index (χ0) is 14.7. The van der Waals surface area contributed by atoms with Gasteiger partial charge in [-0.2, -0.15) is 0 Å². The molecule has 0 aliphatic heterocycles. The van der Waals surface area contributed by atoms with Gasteiger partial charge in [-0.3, -0.25) is 0 Å². The van der Waals surface area contributed by atoms with Crippen LogP contribution in [0, 0.1) is 6.92 Å². The Kier molecular flexibility index (Phi) is 2.83. The molecule has 0 heterocycles. The van der Waals surface area contributed by atoms with Crippen molar-refractivity contribution >= 4 is 29.2 Å². The van der Waals surface area contributed by atoms with Crippen LogP contribution in [0.1, 0.15) is 16.7 Å². The van der Waals surface area contributed by atoms with Crippen molar-refractivity contribution in [1.29, 1.82) is 0 Å². The molecule has 20 heavy (non-hydrogen) atoms. The minimum Gasteiger partial charge on any atom is -0.479 e. The van der Waals surface area contributed by atoms with E-state index >= 15 is 0 Å². The molecule has 0 saturated carbocycles. The summed E-state index contributed by atoms with van der Waals surface area (Å²) in [6.45, 7) is 1.70. The summed E-state index contributed by atoms with van der Waals surface area (Å²) < 4.78 is 0. The summed E-state index contributed by atoms with van der Waals surface area (Å²) in [5.41, 5.74) is 0.358. The molecule has 0 radical (unpaired) electrons. The van der Waals surface area contributed by atoms with Crippen LogP contribution in [-0.4, -0.2) is 16.2 Å². The van der Waals surface area contributed by atoms with Crippen molar-refractivity contribution < 1.29 is 15.0 Å². The number of benzene rings is 2. The summed E-state index contributed by atoms with van der Waals surface area (Å²) >= 11 is 12.0. The zero-order valence-corrected chi connectivity index (χ0v) is 12.0. The second-order valence-corrected chi connectivity index (χ2v) is 5.64. The van der Waals surface area contributed by atoms with E-state index in [9.17, 15) is 15.0 Å². The maximum Gasteiger partial charge on any atom is 0.345 e. The fraction of sp³-hybridized carbons (Fsp3) is 0.133. The molecule has 5 heteroatoms. The van der Waals surface area contributed by atoms with Gasteiger partial charge in [0.1, 0.15) is 0 Å². The molecule has 0 fully saturated rings. The molecule has 0 bridgehead atoms. The van der Waals surface area contributed by atoms with E-state index in [0.717, 1.165) is 0 Å². The van der Waals surface area contributed by atoms with E-state index in [0.29, 0.717) is 32.3 Å². The van der Waals surface area contributed by atoms with Crippen molar-refractivity contribution in [2.45, 2.75) is 12.5 Å². The largest absolute Gasteiger partial charge is 0.479 e. The number of hydrogen-bond donors (Lipinski definition) is 2. The molecule has 3 nitrogen and oxygen atoms in total. The molecule has 0 saturated heterocycles. The van der Waals surface area contributed by atoms with Crippen molar-refractivity contribution in [2.24, 2.45) is 0 Å². The number of halogens is 2. The predicted molar refractivity (Wildman–Crippen MR) is 77.3 cm³/mol. The quantitative estimate of drug-likeness (QED) is 0.846. The second kappa shape index (κ2) is 4.22. The second-order valence-electron chi connectivity index (χ2n) is 4.80. The van der Waals surface area contributed by atoms with Gasteiger partial charge in [-0.1, -0.05) is 35.3 Å². The van der Waals surface area contributed by atoms with E-state index in [1.165, 1.54) is 6.07 Å². The van der Waals surface area contributed by atoms with Crippen LogP contribution in [-0.2, 0) is 10.4 Å². The maximum atomic E-state index is 11.7. The average Bonchev–Trinajstić information content (AvgIpc) is 2.65. The van der Waals surface area contributed by atoms with Crippen LogP contribution < -0.4 is 0 Å². The first kappa shape index (κ1) is 13.4. The van der Waals surface area contributed by atoms with Gasteiger partial charge < -0.3 is 10.2 Å². The minimum atomic E-state index is -2.12. The van der Waals surface area contributed by atoms with E-state index in [2.05, 4.69) is 0 Å². The van der Waals surface area contributed by atoms with E-state index in [-0.39, 0.29) is 5.56 Å². The lowest BCUT2D eigenvalue weighted by molar-refractivity contribution is -0.154. The number of aliphatic hydroxyl groups is 1. The molecule has 0 spiro atoms. The Bertz CT molecular complexity index is 755. The zero-order valence-electron chi connectivity index (χ0n) is 10.4. The van der Waals surface area contributed by atoms with Crippen molar-refractivity contribution in [3.05, 3.63) is 57.1 Å². The number of aliphatic carboxylic acids is 1. The summed E-state index contributed by atoms with van der Waals surface area (Å²) in [6.07, 6.45) is 0. The number of hydrogen-bond acceptors (Lipinski definition) is 2. The number of carbonyl (C=O) groups is 1. The van der Waals surface area contributed by atoms with Gasteiger partial charge in [-0.25, -0.2) is 4.79 Å². The molecule has 1 aliphatic rings. The summed E-state index contributed by atoms with van der Waals surface area (Å²) in [6, 6.07) is 8.28. The van der Waals surface area contributed by atoms with Crippen molar-refractivity contribution in [3.63, 3.8) is 0 Å². The highest BCUT2D eigenvalue weighted by atomic mass is 35.5. The first-order valence-corrected chi connectivity index (χ1v) is 6.68. The number of carboxylic acid groups (broad SMARTS) is 1. The van der Waals surface area contributed by atoms with E-state index in [1.54, 1.807) is 31.2 Å². The van der Waals surface area contributed by atoms with Crippen LogP contribution >= 0.6 is 23.2 Å². The molecular weight excluding hydrogens is 299 g/mol. The predicted octanol–water partition coefficient (Wildman–Crippen LogP) is 3.60. The van der Waals surface area contributed by atoms with Gasteiger partial charge in [0, 0.05) is 21.2 Å². The van der Waals surface area contributed by atoms with Gasteiger partial charge in [0.15, 0.2) is 0 Å². The van der Waals surface area contributed by atoms with Gasteiger partial charge in [0.05, 0.1) is 0 Å². The van der Waals surface area contributed by atoms with Gasteiger partial charge in [-0.15, -0.1) is 0 Å². The first-order valence-electron chi connectivity index (χ1n) is 5.93. The molecule has 0 aromatic heterocycles. The van der Waals surface area contributed by atoms with Crippen molar-refractivity contribution in [1.82, 2.24) is 0 Å². The Balaban J connectivity index is 2.47. The summed E-state index contributed by atoms with van der Waals surface area (Å²) in [7, 11) is 0. The van der Waals surface area contributed by atoms with Gasteiger partial charge in [-0.05, 0) is 41.8 Å². The van der Waals surface area contributed by atoms with E-state index in [1.807, 2.05) is 0 Å². The van der Waals surface area contributed by atoms with Crippen molar-refractivity contribution in [2.75, 3.05) is 0 Å². The third-order valence-corrected chi connectivity index (χ3v) is 4.38. The van der Waals surface area contributed by atoms with Gasteiger partial charge >= 0.3 is 5.97 Å². The molecule has 3 rings (SSSR count). The summed E-state index contributed by atoms with van der Waals surface area (Å²) in [5.74, 6) is -1.34. The topological polar surface area (TPSA) is 57.5 Å². The fourth-order valence-corrected chi connectivity index (χ4v) is 3.11. The highest BCUT2D eigenvalue weighted by molar-refractivity contribution is 6.32. The molecule has 102 valence electrons. The average molecular weight is 309 g/mol. The lowest BCUT2D eigenvalue weighted by Gasteiger charge is -2.22. The third kappa shape index (κ3) is 1.54. The van der Waals surface area contributed by atoms with Crippen molar-refractivity contribution in [3.8, 4) is 11.1 Å². The standard InChI is InChI=1S/C15H10Cl2O3/c1-7-12(17)5-4-10-9-3-2-8(16)6-11(9)15(20,13(7)10)14(18)19/h2-6,20H,1H3,(H,18,19). The lowest BCUT2D eigenvalue weighted by Crippen LogP contribution is -2.35. The van der Waals surface area contributed by atoms with Crippen LogP contribution in [0.25, 0.3) is 11.1 Å². The molecule has 0 amide bonds. The van der Waals surface area contributed by atoms with Gasteiger partial charge in [0.2, 0.25) is 5.60 Å². The minimum absolute atomic E-state index is 0.276. The Morgan fingerprint density at radius 1 is 1.15 bits per heavy atom. The van der Waals surface area contributed by atoms with Crippen LogP contribution in [0.15, 0.2) is 30.3 Å². The Morgan fingerprint density at radius 3 is 2.45 bits per heavy atom. The van der Waals surface area contributed by atoms with Gasteiger partial charge in [0.25, 0.3) is 0 Å². The smallest absolute Gasteiger partial charge is 0.345 e. The molecule has 1 aliphatic carbocycles. The summed E-state index contributed by atoms with van der Waals surface area (Å²) in [4.78, 5) is 11.7. The monoisotopic (exact) mass is 308 g/mol. The number of carboxylic acids is 1. The molecular formula is C15H10Cl2O3. The first-order chi connectivity index (χ1) is 9.37. The number of fused-ring (bicyclic) bond motifs is 3. The molecule has 2 aromatic rings. The lowest BCUT2D eigenvalue weighted by atomic mass is 9.89. The Morgan fingerprint density at radius 2 is 1.80 bits per heavy atom. The Labute approximate surface area is 125 Å². The molecule has 1 atom stereocenters. The molecule has 2 aromatic carbocycles. The number of rotatable bonds is 1.